The van der Waals surface area contributed by atoms with Gasteiger partial charge in [-0.15, -0.1) is 0 Å². The van der Waals surface area contributed by atoms with Crippen molar-refractivity contribution in [1.82, 2.24) is 0 Å². The van der Waals surface area contributed by atoms with Gasteiger partial charge in [-0.2, -0.15) is 0 Å². The van der Waals surface area contributed by atoms with E-state index in [-0.39, 0.29) is 22.1 Å². The third-order valence-corrected chi connectivity index (χ3v) is 7.95. The minimum Gasteiger partial charge on any atom is -0.403 e. The van der Waals surface area contributed by atoms with Crippen molar-refractivity contribution in [2.75, 3.05) is 0 Å². The number of hydrogen-bond donors (Lipinski definition) is 0. The zero-order valence-corrected chi connectivity index (χ0v) is 19.4. The van der Waals surface area contributed by atoms with E-state index >= 15 is 0 Å². The Morgan fingerprint density at radius 3 is 1.80 bits per heavy atom. The molecule has 0 saturated carbocycles. The molecule has 0 heterocycles. The molecule has 30 heavy (non-hydrogen) atoms. The number of aryl methyl sites for hydroxylation is 1. The first-order chi connectivity index (χ1) is 14.2. The molecule has 0 aliphatic heterocycles. The maximum atomic E-state index is 11.6. The van der Waals surface area contributed by atoms with E-state index in [0.29, 0.717) is 5.56 Å². The van der Waals surface area contributed by atoms with E-state index in [1.54, 1.807) is 6.07 Å². The number of nitrogens with zero attached hydrogens (tertiary/aromatic N) is 1. The van der Waals surface area contributed by atoms with Gasteiger partial charge in [0.05, 0.1) is 11.0 Å². The van der Waals surface area contributed by atoms with E-state index in [9.17, 15) is 10.1 Å². The third-order valence-electron chi connectivity index (χ3n) is 5.43. The van der Waals surface area contributed by atoms with Gasteiger partial charge in [-0.05, 0) is 40.8 Å². The van der Waals surface area contributed by atoms with Crippen LogP contribution in [0.2, 0.25) is 0 Å². The van der Waals surface area contributed by atoms with Crippen LogP contribution in [-0.2, 0) is 4.43 Å². The molecule has 3 rings (SSSR count). The van der Waals surface area contributed by atoms with Gasteiger partial charge < -0.3 is 4.43 Å². The van der Waals surface area contributed by atoms with Crippen LogP contribution in [0.15, 0.2) is 72.8 Å². The van der Waals surface area contributed by atoms with Crippen LogP contribution in [0.4, 0.5) is 5.69 Å². The highest BCUT2D eigenvalue weighted by atomic mass is 28.3. The van der Waals surface area contributed by atoms with Crippen LogP contribution in [0.1, 0.15) is 43.6 Å². The summed E-state index contributed by atoms with van der Waals surface area (Å²) in [6, 6.07) is 24.1. The van der Waals surface area contributed by atoms with Crippen molar-refractivity contribution in [3.63, 3.8) is 0 Å². The molecule has 0 saturated heterocycles. The lowest BCUT2D eigenvalue weighted by Gasteiger charge is -2.36. The van der Waals surface area contributed by atoms with Crippen LogP contribution in [-0.4, -0.2) is 14.0 Å². The lowest BCUT2D eigenvalue weighted by Crippen LogP contribution is -2.47. The van der Waals surface area contributed by atoms with E-state index in [0.717, 1.165) is 11.1 Å². The molecule has 4 nitrogen and oxygen atoms in total. The normalized spacial score (nSPS) is 12.7. The summed E-state index contributed by atoms with van der Waals surface area (Å²) >= 11 is 0. The van der Waals surface area contributed by atoms with E-state index in [4.69, 9.17) is 4.43 Å². The lowest BCUT2D eigenvalue weighted by atomic mass is 9.81. The van der Waals surface area contributed by atoms with Crippen molar-refractivity contribution in [2.45, 2.75) is 40.7 Å². The first-order valence-electron chi connectivity index (χ1n) is 10.2. The Morgan fingerprint density at radius 1 is 0.867 bits per heavy atom. The summed E-state index contributed by atoms with van der Waals surface area (Å²) in [6.45, 7) is 10.3. The zero-order valence-electron chi connectivity index (χ0n) is 18.3. The fourth-order valence-corrected chi connectivity index (χ4v) is 6.56. The molecule has 3 aromatic rings. The van der Waals surface area contributed by atoms with Gasteiger partial charge >= 0.3 is 0 Å². The fourth-order valence-electron chi connectivity index (χ4n) is 3.90. The largest absolute Gasteiger partial charge is 0.403 e. The van der Waals surface area contributed by atoms with Crippen LogP contribution in [0, 0.1) is 29.4 Å². The van der Waals surface area contributed by atoms with Crippen molar-refractivity contribution in [2.24, 2.45) is 5.41 Å². The Kier molecular flexibility index (Phi) is 6.54. The number of hydrogen-bond acceptors (Lipinski definition) is 3. The molecule has 0 aliphatic carbocycles. The molecule has 0 N–H and O–H groups in total. The fraction of sp³-hybridized carbons (Fsp3) is 0.280. The quantitative estimate of drug-likeness (QED) is 0.326. The zero-order chi connectivity index (χ0) is 21.9. The standard InChI is InChI=1S/C25H29NO3Si/c1-18-16-17-22(26(27)28)19(2)23(18)24(25(3,4)5)29-30(20-12-8-6-9-13-20)21-14-10-7-11-15-21/h6-17,24,30H,1-5H3. The monoisotopic (exact) mass is 419 g/mol. The lowest BCUT2D eigenvalue weighted by molar-refractivity contribution is -0.385. The maximum Gasteiger partial charge on any atom is 0.272 e. The predicted octanol–water partition coefficient (Wildman–Crippen LogP) is 4.85. The molecule has 0 amide bonds. The summed E-state index contributed by atoms with van der Waals surface area (Å²) in [5.74, 6) is 0. The summed E-state index contributed by atoms with van der Waals surface area (Å²) in [5.41, 5.74) is 2.55. The van der Waals surface area contributed by atoms with E-state index in [1.807, 2.05) is 56.3 Å². The average molecular weight is 420 g/mol. The van der Waals surface area contributed by atoms with Crippen molar-refractivity contribution >= 4 is 25.1 Å². The number of nitro benzene ring substituents is 1. The highest BCUT2D eigenvalue weighted by Gasteiger charge is 2.35. The number of rotatable bonds is 6. The minimum atomic E-state index is -2.03. The van der Waals surface area contributed by atoms with Crippen LogP contribution in [0.25, 0.3) is 0 Å². The molecule has 0 radical (unpaired) electrons. The van der Waals surface area contributed by atoms with Crippen LogP contribution < -0.4 is 10.4 Å². The second kappa shape index (κ2) is 8.94. The Hall–Kier alpha value is -2.76. The van der Waals surface area contributed by atoms with Crippen molar-refractivity contribution in [3.8, 4) is 0 Å². The molecule has 1 atom stereocenters. The van der Waals surface area contributed by atoms with Crippen LogP contribution in [0.3, 0.4) is 0 Å². The van der Waals surface area contributed by atoms with Crippen LogP contribution >= 0.6 is 0 Å². The van der Waals surface area contributed by atoms with Crippen molar-refractivity contribution in [3.05, 3.63) is 99.6 Å². The molecule has 1 unspecified atom stereocenters. The molecule has 0 fully saturated rings. The van der Waals surface area contributed by atoms with Gasteiger partial charge in [-0.3, -0.25) is 10.1 Å². The summed E-state index contributed by atoms with van der Waals surface area (Å²) < 4.78 is 6.99. The Labute approximate surface area is 180 Å². The summed E-state index contributed by atoms with van der Waals surface area (Å²) in [7, 11) is -2.03. The molecule has 156 valence electrons. The van der Waals surface area contributed by atoms with Gasteiger partial charge in [-0.25, -0.2) is 0 Å². The molecule has 0 spiro atoms. The highest BCUT2D eigenvalue weighted by molar-refractivity contribution is 6.80. The summed E-state index contributed by atoms with van der Waals surface area (Å²) in [6.07, 6.45) is -0.269. The summed E-state index contributed by atoms with van der Waals surface area (Å²) in [5, 5.41) is 14.0. The van der Waals surface area contributed by atoms with Crippen molar-refractivity contribution in [1.29, 1.82) is 0 Å². The molecule has 0 bridgehead atoms. The van der Waals surface area contributed by atoms with Gasteiger partial charge in [0, 0.05) is 11.6 Å². The topological polar surface area (TPSA) is 52.4 Å². The Morgan fingerprint density at radius 2 is 1.37 bits per heavy atom. The SMILES string of the molecule is Cc1ccc([N+](=O)[O-])c(C)c1C(O[SiH](c1ccccc1)c1ccccc1)C(C)(C)C. The summed E-state index contributed by atoms with van der Waals surface area (Å²) in [4.78, 5) is 11.3. The first kappa shape index (κ1) is 21.9. The number of benzene rings is 3. The van der Waals surface area contributed by atoms with Gasteiger partial charge in [0.1, 0.15) is 0 Å². The Balaban J connectivity index is 2.15. The van der Waals surface area contributed by atoms with Gasteiger partial charge in [0.15, 0.2) is 0 Å². The van der Waals surface area contributed by atoms with Gasteiger partial charge in [-0.1, -0.05) is 87.5 Å². The van der Waals surface area contributed by atoms with Gasteiger partial charge in [0.25, 0.3) is 5.69 Å². The molecular formula is C25H29NO3Si. The van der Waals surface area contributed by atoms with E-state index in [1.165, 1.54) is 10.4 Å². The molecule has 0 aliphatic rings. The van der Waals surface area contributed by atoms with Crippen molar-refractivity contribution < 1.29 is 9.35 Å². The minimum absolute atomic E-state index is 0.145. The first-order valence-corrected chi connectivity index (χ1v) is 11.8. The van der Waals surface area contributed by atoms with Crippen LogP contribution in [0.5, 0.6) is 0 Å². The average Bonchev–Trinajstić information content (AvgIpc) is 2.70. The smallest absolute Gasteiger partial charge is 0.272 e. The van der Waals surface area contributed by atoms with E-state index in [2.05, 4.69) is 45.0 Å². The Bertz CT molecular complexity index is 974. The molecular weight excluding hydrogens is 390 g/mol. The third kappa shape index (κ3) is 4.69. The molecule has 3 aromatic carbocycles. The molecule has 5 heteroatoms. The van der Waals surface area contributed by atoms with E-state index < -0.39 is 9.04 Å². The predicted molar refractivity (Wildman–Crippen MR) is 125 cm³/mol. The highest BCUT2D eigenvalue weighted by Crippen LogP contribution is 2.41. The maximum absolute atomic E-state index is 11.6. The second-order valence-electron chi connectivity index (χ2n) is 8.78. The number of nitro groups is 1. The van der Waals surface area contributed by atoms with Gasteiger partial charge in [0.2, 0.25) is 9.04 Å². The second-order valence-corrected chi connectivity index (χ2v) is 11.1. The molecule has 0 aromatic heterocycles.